The molecular formula is C37H38N2O4. The summed E-state index contributed by atoms with van der Waals surface area (Å²) in [6, 6.07) is 29.8. The number of aliphatic hydroxyl groups excluding tert-OH is 1. The molecule has 0 radical (unpaired) electrons. The van der Waals surface area contributed by atoms with Crippen LogP contribution in [0.3, 0.4) is 0 Å². The zero-order valence-electron chi connectivity index (χ0n) is 25.6. The van der Waals surface area contributed by atoms with Gasteiger partial charge in [-0.2, -0.15) is 0 Å². The molecule has 5 rings (SSSR count). The molecule has 0 spiro atoms. The van der Waals surface area contributed by atoms with Crippen molar-refractivity contribution >= 4 is 28.8 Å². The van der Waals surface area contributed by atoms with Crippen LogP contribution < -0.4 is 14.5 Å². The summed E-state index contributed by atoms with van der Waals surface area (Å²) in [5, 5.41) is 11.7. The van der Waals surface area contributed by atoms with Gasteiger partial charge in [-0.15, -0.1) is 0 Å². The van der Waals surface area contributed by atoms with Crippen molar-refractivity contribution in [2.24, 2.45) is 0 Å². The molecule has 1 amide bonds. The number of carbonyl (C=O) groups is 2. The minimum atomic E-state index is -0.798. The van der Waals surface area contributed by atoms with Gasteiger partial charge in [0.15, 0.2) is 0 Å². The zero-order valence-corrected chi connectivity index (χ0v) is 25.6. The highest BCUT2D eigenvalue weighted by atomic mass is 16.5. The molecule has 1 N–H and O–H groups in total. The Hall–Kier alpha value is -4.84. The number of benzene rings is 4. The van der Waals surface area contributed by atoms with Gasteiger partial charge in [0.2, 0.25) is 0 Å². The summed E-state index contributed by atoms with van der Waals surface area (Å²) >= 11 is 0. The van der Waals surface area contributed by atoms with Crippen molar-refractivity contribution < 1.29 is 19.4 Å². The monoisotopic (exact) mass is 574 g/mol. The van der Waals surface area contributed by atoms with Gasteiger partial charge < -0.3 is 14.7 Å². The molecule has 43 heavy (non-hydrogen) atoms. The van der Waals surface area contributed by atoms with Crippen LogP contribution in [0.4, 0.5) is 11.4 Å². The van der Waals surface area contributed by atoms with E-state index in [4.69, 9.17) is 4.74 Å². The number of amides is 1. The van der Waals surface area contributed by atoms with Crippen molar-refractivity contribution in [1.29, 1.82) is 0 Å². The van der Waals surface area contributed by atoms with E-state index in [9.17, 15) is 14.7 Å². The average Bonchev–Trinajstić information content (AvgIpc) is 3.26. The fraction of sp³-hybridized carbons (Fsp3) is 0.243. The summed E-state index contributed by atoms with van der Waals surface area (Å²) in [4.78, 5) is 30.7. The molecule has 6 nitrogen and oxygen atoms in total. The molecule has 0 saturated carbocycles. The van der Waals surface area contributed by atoms with Gasteiger partial charge in [-0.25, -0.2) is 0 Å². The molecule has 1 unspecified atom stereocenters. The number of ether oxygens (including phenoxy) is 1. The van der Waals surface area contributed by atoms with Crippen molar-refractivity contribution in [1.82, 2.24) is 0 Å². The van der Waals surface area contributed by atoms with Crippen LogP contribution in [-0.2, 0) is 21.6 Å². The van der Waals surface area contributed by atoms with Gasteiger partial charge in [0.05, 0.1) is 11.6 Å². The van der Waals surface area contributed by atoms with E-state index in [2.05, 4.69) is 20.8 Å². The normalized spacial score (nSPS) is 16.4. The SMILES string of the molecule is Cc1cc(/C(O)=C2/C(=O)C(=O)N(c3ccc(N(C)C)cc3)C2c2ccc(C(C)(C)C)cc2)ccc1OCc1ccccc1. The highest BCUT2D eigenvalue weighted by Gasteiger charge is 2.47. The number of anilines is 2. The van der Waals surface area contributed by atoms with Crippen LogP contribution in [0.2, 0.25) is 0 Å². The predicted molar refractivity (Wildman–Crippen MR) is 173 cm³/mol. The summed E-state index contributed by atoms with van der Waals surface area (Å²) in [6.07, 6.45) is 0. The first-order chi connectivity index (χ1) is 20.5. The van der Waals surface area contributed by atoms with E-state index in [1.165, 1.54) is 4.90 Å². The Labute approximate surface area is 253 Å². The van der Waals surface area contributed by atoms with Gasteiger partial charge in [-0.3, -0.25) is 14.5 Å². The molecule has 4 aromatic carbocycles. The molecule has 0 aliphatic carbocycles. The van der Waals surface area contributed by atoms with E-state index in [0.717, 1.165) is 27.9 Å². The van der Waals surface area contributed by atoms with E-state index in [1.807, 2.05) is 105 Å². The standard InChI is InChI=1S/C37H38N2O4/c1-24-22-27(14-21-31(24)43-23-25-10-8-7-9-11-25)34(40)32-33(26-12-15-28(16-13-26)37(2,3)4)39(36(42)35(32)41)30-19-17-29(18-20-30)38(5)6/h7-22,33,40H,23H2,1-6H3/b34-32-. The van der Waals surface area contributed by atoms with Crippen LogP contribution >= 0.6 is 0 Å². The molecular weight excluding hydrogens is 536 g/mol. The second kappa shape index (κ2) is 11.8. The number of carbonyl (C=O) groups excluding carboxylic acids is 2. The summed E-state index contributed by atoms with van der Waals surface area (Å²) in [5.74, 6) is -0.936. The van der Waals surface area contributed by atoms with Crippen LogP contribution in [0.5, 0.6) is 5.75 Å². The maximum absolute atomic E-state index is 13.7. The molecule has 0 aromatic heterocycles. The highest BCUT2D eigenvalue weighted by Crippen LogP contribution is 2.43. The summed E-state index contributed by atoms with van der Waals surface area (Å²) in [5.41, 5.74) is 5.71. The lowest BCUT2D eigenvalue weighted by atomic mass is 9.85. The van der Waals surface area contributed by atoms with Crippen LogP contribution in [0, 0.1) is 6.92 Å². The second-order valence-corrected chi connectivity index (χ2v) is 12.2. The van der Waals surface area contributed by atoms with E-state index >= 15 is 0 Å². The first-order valence-corrected chi connectivity index (χ1v) is 14.4. The third-order valence-corrected chi connectivity index (χ3v) is 7.87. The van der Waals surface area contributed by atoms with Gasteiger partial charge in [0, 0.05) is 31.0 Å². The average molecular weight is 575 g/mol. The summed E-state index contributed by atoms with van der Waals surface area (Å²) in [7, 11) is 3.88. The maximum Gasteiger partial charge on any atom is 0.300 e. The van der Waals surface area contributed by atoms with Gasteiger partial charge in [-0.1, -0.05) is 75.4 Å². The van der Waals surface area contributed by atoms with Gasteiger partial charge >= 0.3 is 0 Å². The smallest absolute Gasteiger partial charge is 0.300 e. The van der Waals surface area contributed by atoms with Crippen LogP contribution in [-0.4, -0.2) is 30.9 Å². The molecule has 1 atom stereocenters. The Balaban J connectivity index is 1.57. The quantitative estimate of drug-likeness (QED) is 0.140. The summed E-state index contributed by atoms with van der Waals surface area (Å²) < 4.78 is 6.02. The first kappa shape index (κ1) is 29.6. The Kier molecular flexibility index (Phi) is 8.14. The molecule has 1 fully saturated rings. The molecule has 0 bridgehead atoms. The number of hydrogen-bond acceptors (Lipinski definition) is 5. The Morgan fingerprint density at radius 2 is 1.53 bits per heavy atom. The minimum absolute atomic E-state index is 0.0579. The summed E-state index contributed by atoms with van der Waals surface area (Å²) in [6.45, 7) is 8.71. The number of Topliss-reactive ketones (excluding diaryl/α,β-unsaturated/α-hetero) is 1. The number of hydrogen-bond donors (Lipinski definition) is 1. The van der Waals surface area contributed by atoms with E-state index in [-0.39, 0.29) is 16.7 Å². The van der Waals surface area contributed by atoms with Crippen molar-refractivity contribution in [2.45, 2.75) is 45.8 Å². The fourth-order valence-electron chi connectivity index (χ4n) is 5.34. The van der Waals surface area contributed by atoms with Crippen molar-refractivity contribution in [2.75, 3.05) is 23.9 Å². The van der Waals surface area contributed by atoms with E-state index in [0.29, 0.717) is 23.6 Å². The second-order valence-electron chi connectivity index (χ2n) is 12.2. The Bertz CT molecular complexity index is 1660. The lowest BCUT2D eigenvalue weighted by Crippen LogP contribution is -2.29. The van der Waals surface area contributed by atoms with Gasteiger partial charge in [-0.05, 0) is 77.1 Å². The molecule has 220 valence electrons. The number of aryl methyl sites for hydroxylation is 1. The first-order valence-electron chi connectivity index (χ1n) is 14.4. The van der Waals surface area contributed by atoms with Gasteiger partial charge in [0.1, 0.15) is 18.1 Å². The fourth-order valence-corrected chi connectivity index (χ4v) is 5.34. The lowest BCUT2D eigenvalue weighted by Gasteiger charge is -2.27. The lowest BCUT2D eigenvalue weighted by molar-refractivity contribution is -0.132. The Morgan fingerprint density at radius 1 is 0.884 bits per heavy atom. The molecule has 4 aromatic rings. The molecule has 1 heterocycles. The molecule has 6 heteroatoms. The van der Waals surface area contributed by atoms with Crippen molar-refractivity contribution in [3.05, 3.63) is 130 Å². The number of rotatable bonds is 7. The zero-order chi connectivity index (χ0) is 30.9. The maximum atomic E-state index is 13.7. The highest BCUT2D eigenvalue weighted by molar-refractivity contribution is 6.51. The molecule has 1 saturated heterocycles. The van der Waals surface area contributed by atoms with E-state index in [1.54, 1.807) is 18.2 Å². The largest absolute Gasteiger partial charge is 0.507 e. The van der Waals surface area contributed by atoms with Crippen molar-refractivity contribution in [3.8, 4) is 5.75 Å². The minimum Gasteiger partial charge on any atom is -0.507 e. The number of ketones is 1. The van der Waals surface area contributed by atoms with Crippen LogP contribution in [0.1, 0.15) is 54.6 Å². The number of nitrogens with zero attached hydrogens (tertiary/aromatic N) is 2. The van der Waals surface area contributed by atoms with E-state index < -0.39 is 17.7 Å². The van der Waals surface area contributed by atoms with Crippen molar-refractivity contribution in [3.63, 3.8) is 0 Å². The van der Waals surface area contributed by atoms with Crippen LogP contribution in [0.15, 0.2) is 103 Å². The molecule has 1 aliphatic rings. The predicted octanol–water partition coefficient (Wildman–Crippen LogP) is 7.56. The topological polar surface area (TPSA) is 70.1 Å². The third-order valence-electron chi connectivity index (χ3n) is 7.87. The van der Waals surface area contributed by atoms with Crippen LogP contribution in [0.25, 0.3) is 5.76 Å². The molecule has 1 aliphatic heterocycles. The van der Waals surface area contributed by atoms with Gasteiger partial charge in [0.25, 0.3) is 11.7 Å². The number of aliphatic hydroxyl groups is 1. The Morgan fingerprint density at radius 3 is 2.12 bits per heavy atom. The third kappa shape index (κ3) is 6.05.